The zero-order valence-corrected chi connectivity index (χ0v) is 39.3. The second kappa shape index (κ2) is 47.4. The fraction of sp³-hybridized carbons (Fsp3) is 0.741. The lowest BCUT2D eigenvalue weighted by atomic mass is 10.0. The Balaban J connectivity index is 4.60. The maximum atomic E-state index is 13.2. The normalized spacial score (nSPS) is 13.9. The molecule has 0 rings (SSSR count). The summed E-state index contributed by atoms with van der Waals surface area (Å²) in [6.45, 7) is 6.32. The van der Waals surface area contributed by atoms with Gasteiger partial charge in [-0.15, -0.1) is 0 Å². The molecule has 346 valence electrons. The standard InChI is InChI=1S/C54H95NO5/c1-4-7-10-13-16-19-22-24-26-27-28-30-32-35-38-41-44-47-54(59)60-50(45-42-39-36-33-21-18-15-12-9-6-3)48-53(58)55-51(49-56)52(57)46-43-40-37-34-31-29-25-23-20-17-14-11-8-5-2/h7,10,13,16,19,22,24,26-28,30,32,50-52,56-57H,4-6,8-9,11-12,14-15,17-18,20-21,23,25,29,31,33-49H2,1-3H3,(H,55,58)/b10-7-,16-13+,22-19+,26-24-,28-27+,32-30+. The fourth-order valence-corrected chi connectivity index (χ4v) is 7.40. The van der Waals surface area contributed by atoms with Crippen LogP contribution in [0.4, 0.5) is 0 Å². The van der Waals surface area contributed by atoms with Crippen LogP contribution in [0.5, 0.6) is 0 Å². The molecule has 0 aromatic heterocycles. The molecule has 0 heterocycles. The van der Waals surface area contributed by atoms with Gasteiger partial charge in [-0.25, -0.2) is 0 Å². The Morgan fingerprint density at radius 2 is 0.900 bits per heavy atom. The lowest BCUT2D eigenvalue weighted by molar-refractivity contribution is -0.151. The van der Waals surface area contributed by atoms with Crippen LogP contribution < -0.4 is 5.32 Å². The third-order valence-corrected chi connectivity index (χ3v) is 11.2. The van der Waals surface area contributed by atoms with E-state index in [9.17, 15) is 19.8 Å². The van der Waals surface area contributed by atoms with E-state index in [1.165, 1.54) is 116 Å². The van der Waals surface area contributed by atoms with Crippen LogP contribution in [-0.4, -0.2) is 46.9 Å². The van der Waals surface area contributed by atoms with Crippen LogP contribution in [0.2, 0.25) is 0 Å². The van der Waals surface area contributed by atoms with E-state index in [4.69, 9.17) is 4.74 Å². The van der Waals surface area contributed by atoms with Crippen molar-refractivity contribution in [2.24, 2.45) is 0 Å². The average molecular weight is 838 g/mol. The van der Waals surface area contributed by atoms with Crippen molar-refractivity contribution in [3.63, 3.8) is 0 Å². The van der Waals surface area contributed by atoms with Crippen molar-refractivity contribution in [3.8, 4) is 0 Å². The largest absolute Gasteiger partial charge is 0.462 e. The lowest BCUT2D eigenvalue weighted by Crippen LogP contribution is -2.46. The first-order valence-corrected chi connectivity index (χ1v) is 25.2. The molecule has 60 heavy (non-hydrogen) atoms. The highest BCUT2D eigenvalue weighted by Gasteiger charge is 2.24. The van der Waals surface area contributed by atoms with Gasteiger partial charge in [-0.1, -0.05) is 248 Å². The van der Waals surface area contributed by atoms with E-state index in [2.05, 4.69) is 44.3 Å². The summed E-state index contributed by atoms with van der Waals surface area (Å²) in [5.74, 6) is -0.525. The molecule has 0 saturated carbocycles. The van der Waals surface area contributed by atoms with Gasteiger partial charge >= 0.3 is 5.97 Å². The Hall–Kier alpha value is -2.70. The molecule has 3 atom stereocenters. The van der Waals surface area contributed by atoms with Gasteiger partial charge in [-0.05, 0) is 44.9 Å². The van der Waals surface area contributed by atoms with Gasteiger partial charge in [0, 0.05) is 6.42 Å². The number of carbonyl (C=O) groups is 2. The predicted octanol–water partition coefficient (Wildman–Crippen LogP) is 15.0. The summed E-state index contributed by atoms with van der Waals surface area (Å²) in [6.07, 6.45) is 59.5. The van der Waals surface area contributed by atoms with Crippen molar-refractivity contribution in [2.45, 2.75) is 251 Å². The first kappa shape index (κ1) is 57.3. The molecular weight excluding hydrogens is 743 g/mol. The highest BCUT2D eigenvalue weighted by Crippen LogP contribution is 2.18. The summed E-state index contributed by atoms with van der Waals surface area (Å²) in [6, 6.07) is -0.711. The van der Waals surface area contributed by atoms with Crippen LogP contribution in [0.1, 0.15) is 233 Å². The predicted molar refractivity (Wildman–Crippen MR) is 259 cm³/mol. The van der Waals surface area contributed by atoms with Crippen LogP contribution in [0.15, 0.2) is 72.9 Å². The molecule has 6 nitrogen and oxygen atoms in total. The number of aliphatic hydroxyl groups is 2. The molecule has 6 heteroatoms. The van der Waals surface area contributed by atoms with Crippen molar-refractivity contribution >= 4 is 11.9 Å². The van der Waals surface area contributed by atoms with Crippen LogP contribution in [0.3, 0.4) is 0 Å². The number of aliphatic hydroxyl groups excluding tert-OH is 2. The number of hydrogen-bond donors (Lipinski definition) is 3. The van der Waals surface area contributed by atoms with E-state index < -0.39 is 18.2 Å². The zero-order chi connectivity index (χ0) is 43.8. The second-order valence-electron chi connectivity index (χ2n) is 17.0. The van der Waals surface area contributed by atoms with Gasteiger partial charge in [0.25, 0.3) is 0 Å². The molecular formula is C54H95NO5. The van der Waals surface area contributed by atoms with Gasteiger partial charge in [0.1, 0.15) is 6.10 Å². The molecule has 0 aromatic carbocycles. The zero-order valence-electron chi connectivity index (χ0n) is 39.3. The molecule has 3 unspecified atom stereocenters. The van der Waals surface area contributed by atoms with E-state index in [1.54, 1.807) is 0 Å². The Morgan fingerprint density at radius 1 is 0.500 bits per heavy atom. The number of allylic oxidation sites excluding steroid dienone is 12. The molecule has 0 saturated heterocycles. The Labute approximate surface area is 371 Å². The van der Waals surface area contributed by atoms with Gasteiger partial charge in [0.05, 0.1) is 25.2 Å². The molecule has 0 aliphatic carbocycles. The summed E-state index contributed by atoms with van der Waals surface area (Å²) in [7, 11) is 0. The molecule has 0 fully saturated rings. The highest BCUT2D eigenvalue weighted by atomic mass is 16.5. The van der Waals surface area contributed by atoms with Crippen molar-refractivity contribution in [2.75, 3.05) is 6.61 Å². The van der Waals surface area contributed by atoms with Crippen molar-refractivity contribution in [1.82, 2.24) is 5.32 Å². The second-order valence-corrected chi connectivity index (χ2v) is 17.0. The fourth-order valence-electron chi connectivity index (χ4n) is 7.40. The smallest absolute Gasteiger partial charge is 0.306 e. The molecule has 0 bridgehead atoms. The maximum Gasteiger partial charge on any atom is 0.306 e. The number of hydrogen-bond acceptors (Lipinski definition) is 5. The molecule has 1 amide bonds. The van der Waals surface area contributed by atoms with E-state index in [1.807, 2.05) is 54.7 Å². The summed E-state index contributed by atoms with van der Waals surface area (Å²) >= 11 is 0. The van der Waals surface area contributed by atoms with E-state index >= 15 is 0 Å². The third kappa shape index (κ3) is 42.0. The summed E-state index contributed by atoms with van der Waals surface area (Å²) < 4.78 is 5.90. The topological polar surface area (TPSA) is 95.9 Å². The molecule has 0 aliphatic rings. The van der Waals surface area contributed by atoms with Crippen LogP contribution in [0.25, 0.3) is 0 Å². The Kier molecular flexibility index (Phi) is 45.2. The molecule has 0 aliphatic heterocycles. The van der Waals surface area contributed by atoms with E-state index in [0.717, 1.165) is 70.6 Å². The Morgan fingerprint density at radius 3 is 1.35 bits per heavy atom. The van der Waals surface area contributed by atoms with E-state index in [-0.39, 0.29) is 24.9 Å². The monoisotopic (exact) mass is 838 g/mol. The van der Waals surface area contributed by atoms with Crippen LogP contribution in [0, 0.1) is 0 Å². The molecule has 3 N–H and O–H groups in total. The first-order chi connectivity index (χ1) is 29.5. The minimum Gasteiger partial charge on any atom is -0.462 e. The minimum absolute atomic E-state index is 0.0583. The number of nitrogens with one attached hydrogen (secondary N) is 1. The van der Waals surface area contributed by atoms with Gasteiger partial charge in [0.15, 0.2) is 0 Å². The SMILES string of the molecule is CC\C=C/C=C/C=C/C=C\C=C\C=C\CCCCCC(=O)OC(CCCCCCCCCCCC)CC(=O)NC(CO)C(O)CCCCCCCCCCCCCCCC. The first-order valence-electron chi connectivity index (χ1n) is 25.2. The lowest BCUT2D eigenvalue weighted by Gasteiger charge is -2.24. The van der Waals surface area contributed by atoms with Gasteiger partial charge in [-0.2, -0.15) is 0 Å². The van der Waals surface area contributed by atoms with Crippen LogP contribution >= 0.6 is 0 Å². The minimum atomic E-state index is -0.796. The van der Waals surface area contributed by atoms with Crippen LogP contribution in [-0.2, 0) is 14.3 Å². The van der Waals surface area contributed by atoms with Gasteiger partial charge < -0.3 is 20.3 Å². The summed E-state index contributed by atoms with van der Waals surface area (Å²) in [4.78, 5) is 26.1. The summed E-state index contributed by atoms with van der Waals surface area (Å²) in [5, 5.41) is 23.7. The average Bonchev–Trinajstić information content (AvgIpc) is 3.24. The molecule has 0 aromatic rings. The van der Waals surface area contributed by atoms with Crippen molar-refractivity contribution < 1.29 is 24.5 Å². The number of esters is 1. The van der Waals surface area contributed by atoms with Gasteiger partial charge in [0.2, 0.25) is 5.91 Å². The maximum absolute atomic E-state index is 13.2. The number of unbranched alkanes of at least 4 members (excludes halogenated alkanes) is 25. The Bertz CT molecular complexity index is 1120. The number of ether oxygens (including phenoxy) is 1. The third-order valence-electron chi connectivity index (χ3n) is 11.2. The quantitative estimate of drug-likeness (QED) is 0.0323. The summed E-state index contributed by atoms with van der Waals surface area (Å²) in [5.41, 5.74) is 0. The van der Waals surface area contributed by atoms with Crippen molar-refractivity contribution in [3.05, 3.63) is 72.9 Å². The molecule has 0 radical (unpaired) electrons. The molecule has 0 spiro atoms. The number of rotatable bonds is 44. The van der Waals surface area contributed by atoms with Crippen molar-refractivity contribution in [1.29, 1.82) is 0 Å². The number of amides is 1. The van der Waals surface area contributed by atoms with E-state index in [0.29, 0.717) is 19.3 Å². The number of carbonyl (C=O) groups excluding carboxylic acids is 2. The van der Waals surface area contributed by atoms with Gasteiger partial charge in [-0.3, -0.25) is 9.59 Å². The highest BCUT2D eigenvalue weighted by molar-refractivity contribution is 5.77.